The molecule has 0 aliphatic rings. The Balaban J connectivity index is 1.86. The molecule has 0 unspecified atom stereocenters. The van der Waals surface area contributed by atoms with E-state index in [4.69, 9.17) is 4.74 Å². The summed E-state index contributed by atoms with van der Waals surface area (Å²) in [6.07, 6.45) is 0. The predicted molar refractivity (Wildman–Crippen MR) is 119 cm³/mol. The molecule has 3 aromatic rings. The molecule has 2 N–H and O–H groups in total. The summed E-state index contributed by atoms with van der Waals surface area (Å²) in [7, 11) is -2.51. The number of aryl methyl sites for hydroxylation is 2. The first-order valence-electron chi connectivity index (χ1n) is 9.40. The van der Waals surface area contributed by atoms with Gasteiger partial charge in [0.25, 0.3) is 15.9 Å². The van der Waals surface area contributed by atoms with E-state index < -0.39 is 21.9 Å². The maximum Gasteiger partial charge on any atom is 0.337 e. The average Bonchev–Trinajstić information content (AvgIpc) is 2.76. The van der Waals surface area contributed by atoms with Crippen LogP contribution in [0.2, 0.25) is 0 Å². The van der Waals surface area contributed by atoms with Crippen molar-refractivity contribution in [1.82, 2.24) is 0 Å². The molecule has 0 aliphatic heterocycles. The Kier molecular flexibility index (Phi) is 6.41. The lowest BCUT2D eigenvalue weighted by molar-refractivity contribution is 0.0600. The molecule has 0 saturated carbocycles. The van der Waals surface area contributed by atoms with Crippen LogP contribution in [-0.4, -0.2) is 27.4 Å². The normalized spacial score (nSPS) is 10.9. The lowest BCUT2D eigenvalue weighted by atomic mass is 10.1. The molecule has 0 aliphatic carbocycles. The van der Waals surface area contributed by atoms with Gasteiger partial charge >= 0.3 is 5.97 Å². The van der Waals surface area contributed by atoms with Crippen LogP contribution in [0.25, 0.3) is 0 Å². The first-order chi connectivity index (χ1) is 14.7. The third-order valence-electron chi connectivity index (χ3n) is 4.70. The smallest absolute Gasteiger partial charge is 0.337 e. The lowest BCUT2D eigenvalue weighted by Crippen LogP contribution is -2.16. The Hall–Kier alpha value is -3.65. The summed E-state index contributed by atoms with van der Waals surface area (Å²) in [5.74, 6) is -0.950. The number of methoxy groups -OCH3 is 1. The van der Waals surface area contributed by atoms with Gasteiger partial charge in [0.05, 0.1) is 23.3 Å². The van der Waals surface area contributed by atoms with Gasteiger partial charge in [0.15, 0.2) is 0 Å². The van der Waals surface area contributed by atoms with Gasteiger partial charge in [-0.05, 0) is 61.4 Å². The van der Waals surface area contributed by atoms with Crippen molar-refractivity contribution in [1.29, 1.82) is 0 Å². The second-order valence-electron chi connectivity index (χ2n) is 6.92. The molecule has 0 saturated heterocycles. The van der Waals surface area contributed by atoms with Crippen LogP contribution in [0.3, 0.4) is 0 Å². The zero-order valence-electron chi connectivity index (χ0n) is 17.3. The molecule has 0 fully saturated rings. The molecule has 0 atom stereocenters. The monoisotopic (exact) mass is 438 g/mol. The molecule has 0 spiro atoms. The summed E-state index contributed by atoms with van der Waals surface area (Å²) in [5, 5.41) is 2.76. The number of nitrogens with one attached hydrogen (secondary N) is 2. The summed E-state index contributed by atoms with van der Waals surface area (Å²) in [5.41, 5.74) is 2.76. The van der Waals surface area contributed by atoms with Crippen LogP contribution in [0.5, 0.6) is 0 Å². The topological polar surface area (TPSA) is 102 Å². The zero-order chi connectivity index (χ0) is 22.6. The molecule has 160 valence electrons. The second-order valence-corrected chi connectivity index (χ2v) is 8.61. The third-order valence-corrected chi connectivity index (χ3v) is 6.09. The number of amides is 1. The average molecular weight is 439 g/mol. The highest BCUT2D eigenvalue weighted by Gasteiger charge is 2.17. The summed E-state index contributed by atoms with van der Waals surface area (Å²) in [6, 6.07) is 17.6. The number of sulfonamides is 1. The molecule has 7 nitrogen and oxygen atoms in total. The summed E-state index contributed by atoms with van der Waals surface area (Å²) >= 11 is 0. The van der Waals surface area contributed by atoms with Crippen LogP contribution in [0.15, 0.2) is 71.6 Å². The molecular formula is C23H22N2O5S. The van der Waals surface area contributed by atoms with Crippen LogP contribution in [-0.2, 0) is 14.8 Å². The van der Waals surface area contributed by atoms with Gasteiger partial charge in [0.2, 0.25) is 0 Å². The van der Waals surface area contributed by atoms with Gasteiger partial charge in [-0.2, -0.15) is 0 Å². The number of carbonyl (C=O) groups excluding carboxylic acids is 2. The van der Waals surface area contributed by atoms with Gasteiger partial charge in [-0.1, -0.05) is 30.3 Å². The van der Waals surface area contributed by atoms with Crippen LogP contribution >= 0.6 is 0 Å². The fourth-order valence-electron chi connectivity index (χ4n) is 2.87. The minimum atomic E-state index is -3.80. The van der Waals surface area contributed by atoms with E-state index in [9.17, 15) is 18.0 Å². The van der Waals surface area contributed by atoms with E-state index >= 15 is 0 Å². The number of rotatable bonds is 6. The molecule has 8 heteroatoms. The van der Waals surface area contributed by atoms with Gasteiger partial charge in [-0.15, -0.1) is 0 Å². The molecule has 0 heterocycles. The van der Waals surface area contributed by atoms with Crippen molar-refractivity contribution in [3.8, 4) is 0 Å². The van der Waals surface area contributed by atoms with E-state index in [0.29, 0.717) is 22.5 Å². The van der Waals surface area contributed by atoms with E-state index in [0.717, 1.165) is 5.56 Å². The first kappa shape index (κ1) is 22.0. The highest BCUT2D eigenvalue weighted by molar-refractivity contribution is 7.92. The van der Waals surface area contributed by atoms with Gasteiger partial charge in [0, 0.05) is 11.3 Å². The molecule has 0 radical (unpaired) electrons. The SMILES string of the molecule is COC(=O)c1ccc(C)c(NC(=O)c2ccc(C)c(NS(=O)(=O)c3ccccc3)c2)c1. The second kappa shape index (κ2) is 9.01. The van der Waals surface area contributed by atoms with Gasteiger partial charge in [0.1, 0.15) is 0 Å². The molecule has 3 rings (SSSR count). The van der Waals surface area contributed by atoms with E-state index in [1.54, 1.807) is 56.3 Å². The standard InChI is InChI=1S/C23H22N2O5S/c1-15-10-12-18(23(27)30-3)14-20(15)24-22(26)17-11-9-16(2)21(13-17)25-31(28,29)19-7-5-4-6-8-19/h4-14,25H,1-3H3,(H,24,26). The van der Waals surface area contributed by atoms with Crippen molar-refractivity contribution in [3.63, 3.8) is 0 Å². The number of hydrogen-bond acceptors (Lipinski definition) is 5. The number of esters is 1. The molecule has 3 aromatic carbocycles. The summed E-state index contributed by atoms with van der Waals surface area (Å²) in [4.78, 5) is 24.7. The molecule has 0 aromatic heterocycles. The van der Waals surface area contributed by atoms with E-state index in [2.05, 4.69) is 10.0 Å². The minimum Gasteiger partial charge on any atom is -0.465 e. The van der Waals surface area contributed by atoms with Crippen molar-refractivity contribution in [2.45, 2.75) is 18.7 Å². The Labute approximate surface area is 181 Å². The Morgan fingerprint density at radius 3 is 2.03 bits per heavy atom. The van der Waals surface area contributed by atoms with Crippen LogP contribution < -0.4 is 10.0 Å². The van der Waals surface area contributed by atoms with Crippen molar-refractivity contribution in [2.75, 3.05) is 17.1 Å². The molecule has 1 amide bonds. The summed E-state index contributed by atoms with van der Waals surface area (Å²) in [6.45, 7) is 3.54. The van der Waals surface area contributed by atoms with E-state index in [1.165, 1.54) is 31.4 Å². The molecule has 0 bridgehead atoms. The third kappa shape index (κ3) is 5.10. The lowest BCUT2D eigenvalue weighted by Gasteiger charge is -2.13. The van der Waals surface area contributed by atoms with Gasteiger partial charge in [-0.25, -0.2) is 13.2 Å². The minimum absolute atomic E-state index is 0.125. The Morgan fingerprint density at radius 2 is 1.39 bits per heavy atom. The van der Waals surface area contributed by atoms with Crippen molar-refractivity contribution < 1.29 is 22.7 Å². The number of anilines is 2. The van der Waals surface area contributed by atoms with Crippen molar-refractivity contribution in [3.05, 3.63) is 89.0 Å². The van der Waals surface area contributed by atoms with Crippen LogP contribution in [0.4, 0.5) is 11.4 Å². The highest BCUT2D eigenvalue weighted by Crippen LogP contribution is 2.23. The number of carbonyl (C=O) groups is 2. The van der Waals surface area contributed by atoms with Crippen molar-refractivity contribution in [2.24, 2.45) is 0 Å². The zero-order valence-corrected chi connectivity index (χ0v) is 18.1. The summed E-state index contributed by atoms with van der Waals surface area (Å²) < 4.78 is 32.5. The predicted octanol–water partition coefficient (Wildman–Crippen LogP) is 4.14. The van der Waals surface area contributed by atoms with E-state index in [-0.39, 0.29) is 10.5 Å². The highest BCUT2D eigenvalue weighted by atomic mass is 32.2. The number of benzene rings is 3. The Bertz CT molecular complexity index is 1240. The van der Waals surface area contributed by atoms with Crippen LogP contribution in [0, 0.1) is 13.8 Å². The first-order valence-corrected chi connectivity index (χ1v) is 10.9. The maximum atomic E-state index is 12.8. The van der Waals surface area contributed by atoms with Gasteiger partial charge in [-0.3, -0.25) is 9.52 Å². The van der Waals surface area contributed by atoms with Crippen molar-refractivity contribution >= 4 is 33.3 Å². The number of ether oxygens (including phenoxy) is 1. The quantitative estimate of drug-likeness (QED) is 0.563. The van der Waals surface area contributed by atoms with E-state index in [1.807, 2.05) is 0 Å². The van der Waals surface area contributed by atoms with Gasteiger partial charge < -0.3 is 10.1 Å². The van der Waals surface area contributed by atoms with Crippen LogP contribution in [0.1, 0.15) is 31.8 Å². The Morgan fingerprint density at radius 1 is 0.806 bits per heavy atom. The fraction of sp³-hybridized carbons (Fsp3) is 0.130. The fourth-order valence-corrected chi connectivity index (χ4v) is 4.02. The molecular weight excluding hydrogens is 416 g/mol. The number of hydrogen-bond donors (Lipinski definition) is 2. The molecule has 31 heavy (non-hydrogen) atoms. The maximum absolute atomic E-state index is 12.8. The largest absolute Gasteiger partial charge is 0.465 e.